The zero-order valence-corrected chi connectivity index (χ0v) is 38.7. The van der Waals surface area contributed by atoms with Crippen molar-refractivity contribution in [2.24, 2.45) is 0 Å². The highest BCUT2D eigenvalue weighted by atomic mass is 35.5. The first kappa shape index (κ1) is 45.6. The van der Waals surface area contributed by atoms with Gasteiger partial charge in [0.1, 0.15) is 0 Å². The third-order valence-corrected chi connectivity index (χ3v) is 13.5. The van der Waals surface area contributed by atoms with E-state index >= 15 is 0 Å². The number of hydrogen-bond donors (Lipinski definition) is 0. The van der Waals surface area contributed by atoms with Crippen molar-refractivity contribution in [3.05, 3.63) is 209 Å². The Kier molecular flexibility index (Phi) is 15.3. The molecular weight excluding hydrogens is 897 g/mol. The Hall–Kier alpha value is -4.44. The van der Waals surface area contributed by atoms with Crippen LogP contribution in [0.5, 0.6) is 0 Å². The highest BCUT2D eigenvalue weighted by Crippen LogP contribution is 2.41. The van der Waals surface area contributed by atoms with E-state index in [1.165, 1.54) is 22.3 Å². The molecule has 6 nitrogen and oxygen atoms in total. The molecule has 2 aliphatic heterocycles. The van der Waals surface area contributed by atoms with Crippen LogP contribution in [-0.2, 0) is 0 Å². The third-order valence-electron chi connectivity index (χ3n) is 11.9. The third kappa shape index (κ3) is 10.8. The van der Waals surface area contributed by atoms with Gasteiger partial charge in [-0.15, -0.1) is 0 Å². The highest BCUT2D eigenvalue weighted by Gasteiger charge is 2.34. The minimum atomic E-state index is 0.120. The summed E-state index contributed by atoms with van der Waals surface area (Å²) < 4.78 is 0. The van der Waals surface area contributed by atoms with E-state index in [-0.39, 0.29) is 24.2 Å². The largest absolute Gasteiger partial charge is 0.361 e. The number of piperazine rings is 2. The van der Waals surface area contributed by atoms with Crippen LogP contribution in [0.1, 0.15) is 60.3 Å². The van der Waals surface area contributed by atoms with E-state index in [1.807, 2.05) is 72.8 Å². The quantitative estimate of drug-likeness (QED) is 0.142. The van der Waals surface area contributed by atoms with Gasteiger partial charge in [-0.25, -0.2) is 9.69 Å². The minimum Gasteiger partial charge on any atom is -0.361 e. The summed E-state index contributed by atoms with van der Waals surface area (Å²) in [5.74, 6) is 0. The molecule has 0 spiro atoms. The second-order valence-corrected chi connectivity index (χ2v) is 18.0. The van der Waals surface area contributed by atoms with E-state index in [2.05, 4.69) is 91.7 Å². The Morgan fingerprint density at radius 1 is 0.452 bits per heavy atom. The number of nitrogens with zero attached hydrogens (tertiary/aromatic N) is 6. The Balaban J connectivity index is 0.000000186. The molecule has 0 bridgehead atoms. The molecular formula is C50H44Cl6N6. The smallest absolute Gasteiger partial charge is 0.187 e. The second-order valence-electron chi connectivity index (χ2n) is 15.5. The van der Waals surface area contributed by atoms with Gasteiger partial charge in [-0.3, -0.25) is 9.80 Å². The van der Waals surface area contributed by atoms with Gasteiger partial charge in [0.05, 0.1) is 46.6 Å². The number of benzene rings is 6. The highest BCUT2D eigenvalue weighted by molar-refractivity contribution is 6.37. The first-order valence-electron chi connectivity index (χ1n) is 20.3. The molecule has 316 valence electrons. The molecule has 0 aliphatic carbocycles. The number of hydrogen-bond acceptors (Lipinski definition) is 4. The normalized spacial score (nSPS) is 17.9. The van der Waals surface area contributed by atoms with Crippen LogP contribution in [0.25, 0.3) is 9.69 Å². The lowest BCUT2D eigenvalue weighted by Crippen LogP contribution is -2.49. The van der Waals surface area contributed by atoms with Crippen molar-refractivity contribution in [3.63, 3.8) is 0 Å². The van der Waals surface area contributed by atoms with Crippen molar-refractivity contribution in [1.82, 2.24) is 9.80 Å². The van der Waals surface area contributed by atoms with Crippen LogP contribution in [0.15, 0.2) is 133 Å². The van der Waals surface area contributed by atoms with E-state index in [0.717, 1.165) is 60.7 Å². The molecule has 8 rings (SSSR count). The van der Waals surface area contributed by atoms with Crippen LogP contribution in [-0.4, -0.2) is 49.1 Å². The van der Waals surface area contributed by atoms with Crippen LogP contribution >= 0.6 is 69.6 Å². The fourth-order valence-electron chi connectivity index (χ4n) is 8.33. The lowest BCUT2D eigenvalue weighted by molar-refractivity contribution is 0.171. The molecule has 0 saturated carbocycles. The summed E-state index contributed by atoms with van der Waals surface area (Å²) in [5, 5.41) is 4.02. The predicted octanol–water partition coefficient (Wildman–Crippen LogP) is 15.6. The van der Waals surface area contributed by atoms with Crippen molar-refractivity contribution < 1.29 is 0 Å². The lowest BCUT2D eigenvalue weighted by Gasteiger charge is -2.45. The first-order valence-corrected chi connectivity index (χ1v) is 22.6. The van der Waals surface area contributed by atoms with Crippen LogP contribution < -0.4 is 9.80 Å². The van der Waals surface area contributed by atoms with Gasteiger partial charge >= 0.3 is 0 Å². The first-order chi connectivity index (χ1) is 29.9. The van der Waals surface area contributed by atoms with Crippen molar-refractivity contribution >= 4 is 92.4 Å². The molecule has 2 saturated heterocycles. The molecule has 0 aromatic heterocycles. The zero-order chi connectivity index (χ0) is 43.9. The second kappa shape index (κ2) is 20.8. The van der Waals surface area contributed by atoms with Gasteiger partial charge in [0, 0.05) is 71.4 Å². The summed E-state index contributed by atoms with van der Waals surface area (Å²) in [6, 6.07) is 43.9. The van der Waals surface area contributed by atoms with Crippen molar-refractivity contribution in [3.8, 4) is 0 Å². The molecule has 0 unspecified atom stereocenters. The molecule has 6 aromatic carbocycles. The molecule has 6 aromatic rings. The monoisotopic (exact) mass is 938 g/mol. The van der Waals surface area contributed by atoms with E-state index in [9.17, 15) is 0 Å². The summed E-state index contributed by atoms with van der Waals surface area (Å²) >= 11 is 37.7. The van der Waals surface area contributed by atoms with Crippen molar-refractivity contribution in [2.45, 2.75) is 38.0 Å². The van der Waals surface area contributed by atoms with Gasteiger partial charge in [-0.2, -0.15) is 0 Å². The van der Waals surface area contributed by atoms with Crippen LogP contribution in [0.2, 0.25) is 30.1 Å². The molecule has 2 heterocycles. The van der Waals surface area contributed by atoms with Gasteiger partial charge in [0.25, 0.3) is 0 Å². The molecule has 12 heteroatoms. The van der Waals surface area contributed by atoms with Gasteiger partial charge in [-0.05, 0) is 96.8 Å². The maximum absolute atomic E-state index is 7.17. The molecule has 62 heavy (non-hydrogen) atoms. The van der Waals surface area contributed by atoms with E-state index in [1.54, 1.807) is 12.1 Å². The zero-order valence-electron chi connectivity index (χ0n) is 34.2. The van der Waals surface area contributed by atoms with E-state index in [4.69, 9.17) is 82.7 Å². The van der Waals surface area contributed by atoms with Crippen molar-refractivity contribution in [2.75, 3.05) is 49.1 Å². The van der Waals surface area contributed by atoms with Gasteiger partial charge in [0.15, 0.2) is 11.4 Å². The minimum absolute atomic E-state index is 0.120. The Morgan fingerprint density at radius 2 is 0.790 bits per heavy atom. The average molecular weight is 942 g/mol. The number of halogens is 6. The predicted molar refractivity (Wildman–Crippen MR) is 261 cm³/mol. The Bertz CT molecular complexity index is 2360. The van der Waals surface area contributed by atoms with Crippen molar-refractivity contribution in [1.29, 1.82) is 0 Å². The maximum atomic E-state index is 7.17. The summed E-state index contributed by atoms with van der Waals surface area (Å²) in [7, 11) is 0. The summed E-state index contributed by atoms with van der Waals surface area (Å²) in [6.45, 7) is 23.9. The Labute approximate surface area is 395 Å². The fraction of sp³-hybridized carbons (Fsp3) is 0.240. The topological polar surface area (TPSA) is 21.7 Å². The fourth-order valence-corrected chi connectivity index (χ4v) is 9.62. The molecule has 0 amide bonds. The summed E-state index contributed by atoms with van der Waals surface area (Å²) in [6.07, 6.45) is 0. The van der Waals surface area contributed by atoms with Crippen LogP contribution in [0.4, 0.5) is 22.7 Å². The van der Waals surface area contributed by atoms with Gasteiger partial charge in [-0.1, -0.05) is 142 Å². The van der Waals surface area contributed by atoms with Gasteiger partial charge < -0.3 is 9.80 Å². The number of anilines is 2. The van der Waals surface area contributed by atoms with Crippen LogP contribution in [0.3, 0.4) is 0 Å². The number of rotatable bonds is 8. The molecule has 2 fully saturated rings. The maximum Gasteiger partial charge on any atom is 0.187 e. The summed E-state index contributed by atoms with van der Waals surface area (Å²) in [5.41, 5.74) is 8.10. The lowest BCUT2D eigenvalue weighted by atomic mass is 9.98. The average Bonchev–Trinajstić information content (AvgIpc) is 3.29. The molecule has 0 N–H and O–H groups in total. The van der Waals surface area contributed by atoms with E-state index in [0.29, 0.717) is 31.5 Å². The summed E-state index contributed by atoms with van der Waals surface area (Å²) in [4.78, 5) is 16.7. The van der Waals surface area contributed by atoms with E-state index < -0.39 is 0 Å². The molecule has 4 atom stereocenters. The molecule has 0 radical (unpaired) electrons. The van der Waals surface area contributed by atoms with Gasteiger partial charge in [0.2, 0.25) is 0 Å². The van der Waals surface area contributed by atoms with Crippen LogP contribution in [0, 0.1) is 13.1 Å². The Morgan fingerprint density at radius 3 is 1.11 bits per heavy atom. The SMILES string of the molecule is [C-]#[N+]c1ccc([C@@H](C)N2CCN(c3ccc(Cl)cc3Cl)[C@H](c3ccc(Cl)cc3)C2)cc1.[C-]#[N+]c1ccc([C@H](C)N2CCN(c3ccc(Cl)cc3Cl)[C@H](c3ccc(Cl)cc3)C2)cc1. The molecule has 2 aliphatic rings. The standard InChI is InChI=1S/2C25H22Cl3N3/c2*1-17(18-5-10-22(29-2)11-6-18)30-13-14-31(24-12-9-21(27)15-23(24)28)25(16-30)19-3-7-20(26)8-4-19/h2*3-12,15,17,25H,13-14,16H2,1H3/t17-,25+;17-,25-/m10/s1.